The minimum absolute atomic E-state index is 0.614. The van der Waals surface area contributed by atoms with E-state index in [1.54, 1.807) is 32.4 Å². The lowest BCUT2D eigenvalue weighted by molar-refractivity contribution is -0.416. The van der Waals surface area contributed by atoms with E-state index in [1.165, 1.54) is 13.3 Å². The first-order valence-electron chi connectivity index (χ1n) is 4.14. The van der Waals surface area contributed by atoms with Gasteiger partial charge >= 0.3 is 0 Å². The molecule has 76 valence electrons. The molecule has 4 heteroatoms. The van der Waals surface area contributed by atoms with E-state index >= 15 is 0 Å². The minimum atomic E-state index is 0.614. The molecule has 0 radical (unpaired) electrons. The second-order valence-electron chi connectivity index (χ2n) is 2.79. The summed E-state index contributed by atoms with van der Waals surface area (Å²) < 4.78 is 10.9. The van der Waals surface area contributed by atoms with Gasteiger partial charge in [0.15, 0.2) is 17.7 Å². The number of nitrogens with zero attached hydrogens (tertiary/aromatic N) is 1. The Kier molecular flexibility index (Phi) is 3.34. The van der Waals surface area contributed by atoms with Gasteiger partial charge in [-0.3, -0.25) is 0 Å². The van der Waals surface area contributed by atoms with Crippen LogP contribution in [0.5, 0.6) is 11.5 Å². The first-order chi connectivity index (χ1) is 6.67. The molecule has 0 amide bonds. The molecule has 0 atom stereocenters. The zero-order chi connectivity index (χ0) is 10.6. The number of hydrogen-bond donors (Lipinski definition) is 0. The molecule has 0 aliphatic heterocycles. The van der Waals surface area contributed by atoms with Crippen molar-refractivity contribution in [2.24, 2.45) is 0 Å². The Labute approximate surface area is 83.0 Å². The summed E-state index contributed by atoms with van der Waals surface area (Å²) in [7, 11) is 4.56. The van der Waals surface area contributed by atoms with E-state index in [4.69, 9.17) is 9.47 Å². The predicted molar refractivity (Wildman–Crippen MR) is 54.3 cm³/mol. The summed E-state index contributed by atoms with van der Waals surface area (Å²) in [6, 6.07) is 5.29. The third-order valence-corrected chi connectivity index (χ3v) is 1.74. The molecule has 0 spiro atoms. The van der Waals surface area contributed by atoms with Gasteiger partial charge in [0.1, 0.15) is 7.05 Å². The number of hydrogen-bond acceptors (Lipinski definition) is 3. The lowest BCUT2D eigenvalue weighted by Gasteiger charge is -2.07. The van der Waals surface area contributed by atoms with Gasteiger partial charge in [-0.25, -0.2) is 4.74 Å². The quantitative estimate of drug-likeness (QED) is 0.315. The first kappa shape index (κ1) is 10.4. The molecule has 0 bridgehead atoms. The summed E-state index contributed by atoms with van der Waals surface area (Å²) in [5.41, 5.74) is 0.778. The topological polar surface area (TPSA) is 44.5 Å². The van der Waals surface area contributed by atoms with E-state index < -0.39 is 0 Å². The van der Waals surface area contributed by atoms with Crippen LogP contribution in [0.1, 0.15) is 5.56 Å². The fourth-order valence-electron chi connectivity index (χ4n) is 1.14. The van der Waals surface area contributed by atoms with Gasteiger partial charge in [0, 0.05) is 5.56 Å². The molecule has 1 rings (SSSR count). The molecule has 0 heterocycles. The number of methoxy groups -OCH3 is 2. The second kappa shape index (κ2) is 4.50. The summed E-state index contributed by atoms with van der Waals surface area (Å²) in [6.45, 7) is 0. The normalized spacial score (nSPS) is 11.2. The van der Waals surface area contributed by atoms with Crippen LogP contribution in [-0.4, -0.2) is 32.2 Å². The van der Waals surface area contributed by atoms with E-state index in [0.29, 0.717) is 11.5 Å². The van der Waals surface area contributed by atoms with Crippen molar-refractivity contribution < 1.29 is 14.2 Å². The Morgan fingerprint density at radius 1 is 1.21 bits per heavy atom. The maximum absolute atomic E-state index is 10.8. The van der Waals surface area contributed by atoms with Crippen LogP contribution in [0.15, 0.2) is 18.2 Å². The average Bonchev–Trinajstić information content (AvgIpc) is 2.16. The highest BCUT2D eigenvalue weighted by Crippen LogP contribution is 2.26. The molecule has 1 aromatic rings. The Hall–Kier alpha value is -1.71. The number of ether oxygens (including phenoxy) is 2. The van der Waals surface area contributed by atoms with Gasteiger partial charge in [0.2, 0.25) is 0 Å². The zero-order valence-electron chi connectivity index (χ0n) is 8.48. The summed E-state index contributed by atoms with van der Waals surface area (Å²) in [5.74, 6) is 1.27. The third kappa shape index (κ3) is 2.39. The fraction of sp³-hybridized carbons (Fsp3) is 0.300. The molecule has 0 aliphatic carbocycles. The van der Waals surface area contributed by atoms with E-state index in [1.807, 2.05) is 0 Å². The van der Waals surface area contributed by atoms with E-state index in [9.17, 15) is 5.21 Å². The molecule has 0 N–H and O–H groups in total. The number of hydroxylamine groups is 1. The summed E-state index contributed by atoms with van der Waals surface area (Å²) in [4.78, 5) is 0. The van der Waals surface area contributed by atoms with Gasteiger partial charge in [-0.15, -0.1) is 0 Å². The maximum Gasteiger partial charge on any atom is 0.181 e. The molecule has 0 fully saturated rings. The van der Waals surface area contributed by atoms with Gasteiger partial charge in [-0.2, -0.15) is 0 Å². The van der Waals surface area contributed by atoms with Crippen molar-refractivity contribution in [3.8, 4) is 11.5 Å². The Morgan fingerprint density at radius 3 is 2.36 bits per heavy atom. The van der Waals surface area contributed by atoms with Gasteiger partial charge in [0.25, 0.3) is 0 Å². The van der Waals surface area contributed by atoms with E-state index in [0.717, 1.165) is 10.3 Å². The van der Waals surface area contributed by atoms with Crippen LogP contribution in [0, 0.1) is 5.21 Å². The van der Waals surface area contributed by atoms with Crippen LogP contribution < -0.4 is 9.47 Å². The molecule has 0 aromatic heterocycles. The molecule has 4 nitrogen and oxygen atoms in total. The van der Waals surface area contributed by atoms with Gasteiger partial charge in [-0.1, -0.05) is 0 Å². The van der Waals surface area contributed by atoms with Crippen LogP contribution in [-0.2, 0) is 0 Å². The third-order valence-electron chi connectivity index (χ3n) is 1.74. The van der Waals surface area contributed by atoms with Crippen molar-refractivity contribution in [1.82, 2.24) is 0 Å². The monoisotopic (exact) mass is 195 g/mol. The van der Waals surface area contributed by atoms with Crippen LogP contribution >= 0.6 is 0 Å². The molecular formula is C10H13NO3. The van der Waals surface area contributed by atoms with E-state index in [2.05, 4.69) is 0 Å². The Bertz CT molecular complexity index is 343. The average molecular weight is 195 g/mol. The summed E-state index contributed by atoms with van der Waals surface area (Å²) >= 11 is 0. The Balaban J connectivity index is 3.07. The van der Waals surface area contributed by atoms with Crippen molar-refractivity contribution in [1.29, 1.82) is 0 Å². The predicted octanol–water partition coefficient (Wildman–Crippen LogP) is 1.26. The molecule has 14 heavy (non-hydrogen) atoms. The van der Waals surface area contributed by atoms with Crippen LogP contribution in [0.25, 0.3) is 0 Å². The first-order valence-corrected chi connectivity index (χ1v) is 4.14. The SMILES string of the molecule is COc1ccc(/C=[N+](/C)[O-])cc1OC. The van der Waals surface area contributed by atoms with Crippen molar-refractivity contribution in [3.63, 3.8) is 0 Å². The molecule has 0 saturated carbocycles. The number of rotatable bonds is 3. The molecule has 0 unspecified atom stereocenters. The summed E-state index contributed by atoms with van der Waals surface area (Å²) in [6.07, 6.45) is 1.46. The fourth-order valence-corrected chi connectivity index (χ4v) is 1.14. The molecule has 0 saturated heterocycles. The van der Waals surface area contributed by atoms with Crippen molar-refractivity contribution in [3.05, 3.63) is 29.0 Å². The van der Waals surface area contributed by atoms with E-state index in [-0.39, 0.29) is 0 Å². The van der Waals surface area contributed by atoms with Gasteiger partial charge in [0.05, 0.1) is 14.2 Å². The maximum atomic E-state index is 10.8. The molecule has 1 aromatic carbocycles. The highest BCUT2D eigenvalue weighted by Gasteiger charge is 2.04. The van der Waals surface area contributed by atoms with Crippen molar-refractivity contribution in [2.75, 3.05) is 21.3 Å². The van der Waals surface area contributed by atoms with Gasteiger partial charge in [-0.05, 0) is 18.2 Å². The molecule has 0 aliphatic rings. The van der Waals surface area contributed by atoms with Gasteiger partial charge < -0.3 is 14.7 Å². The Morgan fingerprint density at radius 2 is 1.86 bits per heavy atom. The zero-order valence-corrected chi connectivity index (χ0v) is 8.48. The highest BCUT2D eigenvalue weighted by molar-refractivity contribution is 5.77. The standard InChI is InChI=1S/C10H13NO3/c1-11(12)7-8-4-5-9(13-2)10(6-8)14-3/h4-7H,1-3H3/b11-7-. The highest BCUT2D eigenvalue weighted by atomic mass is 16.5. The van der Waals surface area contributed by atoms with Crippen LogP contribution in [0.3, 0.4) is 0 Å². The minimum Gasteiger partial charge on any atom is -0.624 e. The largest absolute Gasteiger partial charge is 0.624 e. The van der Waals surface area contributed by atoms with Crippen molar-refractivity contribution >= 4 is 6.21 Å². The molecular weight excluding hydrogens is 182 g/mol. The van der Waals surface area contributed by atoms with Crippen LogP contribution in [0.2, 0.25) is 0 Å². The van der Waals surface area contributed by atoms with Crippen LogP contribution in [0.4, 0.5) is 0 Å². The lowest BCUT2D eigenvalue weighted by atomic mass is 10.2. The summed E-state index contributed by atoms with van der Waals surface area (Å²) in [5, 5.41) is 10.8. The lowest BCUT2D eigenvalue weighted by Crippen LogP contribution is -1.98. The second-order valence-corrected chi connectivity index (χ2v) is 2.79. The number of benzene rings is 1. The smallest absolute Gasteiger partial charge is 0.181 e. The van der Waals surface area contributed by atoms with Crippen molar-refractivity contribution in [2.45, 2.75) is 0 Å².